The first-order valence-corrected chi connectivity index (χ1v) is 8.86. The number of nitrogens with one attached hydrogen (secondary N) is 1. The molecule has 23 heavy (non-hydrogen) atoms. The quantitative estimate of drug-likeness (QED) is 0.840. The Morgan fingerprint density at radius 3 is 2.74 bits per heavy atom. The number of carbonyl (C=O) groups excluding carboxylic acids is 1. The SMILES string of the molecule is CCCN(C(=O)Cc1cccc(OC(C)C)c1)C1CCNCC1. The topological polar surface area (TPSA) is 41.6 Å². The minimum Gasteiger partial charge on any atom is -0.491 e. The monoisotopic (exact) mass is 318 g/mol. The molecule has 1 heterocycles. The van der Waals surface area contributed by atoms with Gasteiger partial charge in [-0.1, -0.05) is 19.1 Å². The molecule has 0 spiro atoms. The van der Waals surface area contributed by atoms with Crippen LogP contribution in [0.25, 0.3) is 0 Å². The lowest BCUT2D eigenvalue weighted by molar-refractivity contribution is -0.133. The molecule has 0 atom stereocenters. The van der Waals surface area contributed by atoms with Gasteiger partial charge in [-0.05, 0) is 63.9 Å². The fraction of sp³-hybridized carbons (Fsp3) is 0.632. The summed E-state index contributed by atoms with van der Waals surface area (Å²) in [5.41, 5.74) is 1.03. The van der Waals surface area contributed by atoms with E-state index in [4.69, 9.17) is 4.74 Å². The molecule has 1 aliphatic rings. The lowest BCUT2D eigenvalue weighted by Crippen LogP contribution is -2.47. The molecule has 128 valence electrons. The minimum atomic E-state index is 0.146. The molecule has 1 fully saturated rings. The molecule has 4 heteroatoms. The zero-order valence-electron chi connectivity index (χ0n) is 14.7. The zero-order valence-corrected chi connectivity index (χ0v) is 14.7. The fourth-order valence-corrected chi connectivity index (χ4v) is 3.15. The first kappa shape index (κ1) is 17.8. The Labute approximate surface area is 140 Å². The van der Waals surface area contributed by atoms with Crippen molar-refractivity contribution in [1.29, 1.82) is 0 Å². The fourth-order valence-electron chi connectivity index (χ4n) is 3.15. The van der Waals surface area contributed by atoms with Crippen molar-refractivity contribution in [2.24, 2.45) is 0 Å². The van der Waals surface area contributed by atoms with Crippen LogP contribution in [0, 0.1) is 0 Å². The van der Waals surface area contributed by atoms with Crippen LogP contribution in [0.3, 0.4) is 0 Å². The van der Waals surface area contributed by atoms with Gasteiger partial charge < -0.3 is 15.0 Å². The molecule has 1 aliphatic heterocycles. The van der Waals surface area contributed by atoms with Gasteiger partial charge in [-0.25, -0.2) is 0 Å². The van der Waals surface area contributed by atoms with Gasteiger partial charge in [0.2, 0.25) is 5.91 Å². The van der Waals surface area contributed by atoms with Crippen LogP contribution in [0.1, 0.15) is 45.6 Å². The number of benzene rings is 1. The molecule has 0 radical (unpaired) electrons. The Morgan fingerprint density at radius 2 is 2.09 bits per heavy atom. The Bertz CT molecular complexity index is 496. The number of piperidine rings is 1. The van der Waals surface area contributed by atoms with Crippen LogP contribution in [0.4, 0.5) is 0 Å². The van der Waals surface area contributed by atoms with Crippen molar-refractivity contribution >= 4 is 5.91 Å². The van der Waals surface area contributed by atoms with Crippen molar-refractivity contribution in [2.75, 3.05) is 19.6 Å². The average molecular weight is 318 g/mol. The molecule has 1 amide bonds. The van der Waals surface area contributed by atoms with Gasteiger partial charge in [0.1, 0.15) is 5.75 Å². The molecule has 0 unspecified atom stereocenters. The van der Waals surface area contributed by atoms with Gasteiger partial charge in [-0.2, -0.15) is 0 Å². The van der Waals surface area contributed by atoms with E-state index in [9.17, 15) is 4.79 Å². The predicted octanol–water partition coefficient (Wildman–Crippen LogP) is 3.01. The highest BCUT2D eigenvalue weighted by Gasteiger charge is 2.24. The maximum Gasteiger partial charge on any atom is 0.227 e. The molecular weight excluding hydrogens is 288 g/mol. The van der Waals surface area contributed by atoms with Crippen molar-refractivity contribution in [3.63, 3.8) is 0 Å². The second-order valence-corrected chi connectivity index (χ2v) is 6.56. The number of rotatable bonds is 7. The van der Waals surface area contributed by atoms with Crippen molar-refractivity contribution in [2.45, 2.75) is 58.6 Å². The van der Waals surface area contributed by atoms with E-state index in [2.05, 4.69) is 17.1 Å². The maximum atomic E-state index is 12.8. The van der Waals surface area contributed by atoms with Crippen LogP contribution in [-0.4, -0.2) is 42.6 Å². The lowest BCUT2D eigenvalue weighted by atomic mass is 10.0. The highest BCUT2D eigenvalue weighted by atomic mass is 16.5. The summed E-state index contributed by atoms with van der Waals surface area (Å²) in [7, 11) is 0. The minimum absolute atomic E-state index is 0.146. The zero-order chi connectivity index (χ0) is 16.7. The van der Waals surface area contributed by atoms with E-state index < -0.39 is 0 Å². The summed E-state index contributed by atoms with van der Waals surface area (Å²) < 4.78 is 5.73. The van der Waals surface area contributed by atoms with Gasteiger partial charge in [0.25, 0.3) is 0 Å². The van der Waals surface area contributed by atoms with E-state index in [0.29, 0.717) is 12.5 Å². The Hall–Kier alpha value is -1.55. The third-order valence-corrected chi connectivity index (χ3v) is 4.16. The molecule has 0 aliphatic carbocycles. The first-order chi connectivity index (χ1) is 11.1. The summed E-state index contributed by atoms with van der Waals surface area (Å²) in [5.74, 6) is 1.08. The molecular formula is C19H30N2O2. The standard InChI is InChI=1S/C19H30N2O2/c1-4-12-21(17-8-10-20-11-9-17)19(22)14-16-6-5-7-18(13-16)23-15(2)3/h5-7,13,15,17,20H,4,8-12,14H2,1-3H3. The summed E-state index contributed by atoms with van der Waals surface area (Å²) >= 11 is 0. The molecule has 1 saturated heterocycles. The van der Waals surface area contributed by atoms with Crippen molar-refractivity contribution < 1.29 is 9.53 Å². The molecule has 0 saturated carbocycles. The summed E-state index contributed by atoms with van der Waals surface area (Å²) in [5, 5.41) is 3.37. The predicted molar refractivity (Wildman–Crippen MR) is 93.8 cm³/mol. The van der Waals surface area contributed by atoms with Gasteiger partial charge >= 0.3 is 0 Å². The second-order valence-electron chi connectivity index (χ2n) is 6.56. The Morgan fingerprint density at radius 1 is 1.35 bits per heavy atom. The molecule has 1 aromatic carbocycles. The maximum absolute atomic E-state index is 12.8. The molecule has 1 aromatic rings. The molecule has 0 bridgehead atoms. The highest BCUT2D eigenvalue weighted by Crippen LogP contribution is 2.18. The van der Waals surface area contributed by atoms with Crippen LogP contribution >= 0.6 is 0 Å². The summed E-state index contributed by atoms with van der Waals surface area (Å²) in [6, 6.07) is 8.31. The van der Waals surface area contributed by atoms with Crippen LogP contribution in [0.5, 0.6) is 5.75 Å². The summed E-state index contributed by atoms with van der Waals surface area (Å²) in [4.78, 5) is 14.9. The number of carbonyl (C=O) groups is 1. The van der Waals surface area contributed by atoms with Crippen LogP contribution < -0.4 is 10.1 Å². The smallest absolute Gasteiger partial charge is 0.227 e. The van der Waals surface area contributed by atoms with Gasteiger partial charge in [0.05, 0.1) is 12.5 Å². The van der Waals surface area contributed by atoms with E-state index >= 15 is 0 Å². The van der Waals surface area contributed by atoms with Gasteiger partial charge in [-0.15, -0.1) is 0 Å². The molecule has 0 aromatic heterocycles. The number of nitrogens with zero attached hydrogens (tertiary/aromatic N) is 1. The van der Waals surface area contributed by atoms with E-state index in [-0.39, 0.29) is 12.0 Å². The van der Waals surface area contributed by atoms with E-state index in [1.54, 1.807) is 0 Å². The summed E-state index contributed by atoms with van der Waals surface area (Å²) in [6.07, 6.45) is 3.72. The van der Waals surface area contributed by atoms with Gasteiger partial charge in [0.15, 0.2) is 0 Å². The third-order valence-electron chi connectivity index (χ3n) is 4.16. The Balaban J connectivity index is 2.02. The Kier molecular flexibility index (Phi) is 6.90. The highest BCUT2D eigenvalue weighted by molar-refractivity contribution is 5.79. The van der Waals surface area contributed by atoms with E-state index in [0.717, 1.165) is 50.2 Å². The number of amides is 1. The largest absolute Gasteiger partial charge is 0.491 e. The lowest BCUT2D eigenvalue weighted by Gasteiger charge is -2.34. The molecule has 1 N–H and O–H groups in total. The normalized spacial score (nSPS) is 15.7. The molecule has 4 nitrogen and oxygen atoms in total. The second kappa shape index (κ2) is 8.92. The summed E-state index contributed by atoms with van der Waals surface area (Å²) in [6.45, 7) is 9.03. The third kappa shape index (κ3) is 5.54. The van der Waals surface area contributed by atoms with Crippen LogP contribution in [-0.2, 0) is 11.2 Å². The van der Waals surface area contributed by atoms with E-state index in [1.807, 2.05) is 38.1 Å². The average Bonchev–Trinajstić information content (AvgIpc) is 2.53. The van der Waals surface area contributed by atoms with Crippen molar-refractivity contribution in [3.05, 3.63) is 29.8 Å². The number of ether oxygens (including phenoxy) is 1. The van der Waals surface area contributed by atoms with Gasteiger partial charge in [-0.3, -0.25) is 4.79 Å². The number of hydrogen-bond donors (Lipinski definition) is 1. The van der Waals surface area contributed by atoms with Crippen molar-refractivity contribution in [1.82, 2.24) is 10.2 Å². The van der Waals surface area contributed by atoms with Gasteiger partial charge in [0, 0.05) is 12.6 Å². The first-order valence-electron chi connectivity index (χ1n) is 8.86. The van der Waals surface area contributed by atoms with Crippen LogP contribution in [0.2, 0.25) is 0 Å². The molecule has 2 rings (SSSR count). The van der Waals surface area contributed by atoms with Crippen LogP contribution in [0.15, 0.2) is 24.3 Å². The van der Waals surface area contributed by atoms with E-state index in [1.165, 1.54) is 0 Å². The van der Waals surface area contributed by atoms with Crippen molar-refractivity contribution in [3.8, 4) is 5.75 Å². The number of hydrogen-bond acceptors (Lipinski definition) is 3.